The van der Waals surface area contributed by atoms with Gasteiger partial charge in [0.25, 0.3) is 0 Å². The summed E-state index contributed by atoms with van der Waals surface area (Å²) in [5.74, 6) is 0. The highest BCUT2D eigenvalue weighted by Crippen LogP contribution is 2.29. The first-order chi connectivity index (χ1) is 6.47. The van der Waals surface area contributed by atoms with Crippen LogP contribution in [-0.2, 0) is 0 Å². The van der Waals surface area contributed by atoms with E-state index in [4.69, 9.17) is 0 Å². The third-order valence-electron chi connectivity index (χ3n) is 2.45. The van der Waals surface area contributed by atoms with Crippen LogP contribution in [-0.4, -0.2) is 20.2 Å². The van der Waals surface area contributed by atoms with Gasteiger partial charge in [0.1, 0.15) is 0 Å². The van der Waals surface area contributed by atoms with Crippen molar-refractivity contribution in [1.82, 2.24) is 5.32 Å². The first kappa shape index (κ1) is 14.9. The van der Waals surface area contributed by atoms with Crippen LogP contribution in [0.2, 0.25) is 25.7 Å². The molecule has 1 N–H and O–H groups in total. The molecule has 1 nitrogen and oxygen atoms in total. The lowest BCUT2D eigenvalue weighted by atomic mass is 9.92. The van der Waals surface area contributed by atoms with Crippen LogP contribution >= 0.6 is 0 Å². The van der Waals surface area contributed by atoms with E-state index < -0.39 is 8.07 Å². The van der Waals surface area contributed by atoms with Crippen molar-refractivity contribution in [2.24, 2.45) is 5.41 Å². The Morgan fingerprint density at radius 2 is 1.60 bits per heavy atom. The Morgan fingerprint density at radius 3 is 1.87 bits per heavy atom. The molecule has 0 saturated carbocycles. The van der Waals surface area contributed by atoms with E-state index in [1.54, 1.807) is 0 Å². The van der Waals surface area contributed by atoms with Gasteiger partial charge in [0, 0.05) is 20.2 Å². The van der Waals surface area contributed by atoms with Crippen molar-refractivity contribution >= 4 is 8.07 Å². The average Bonchev–Trinajstić information content (AvgIpc) is 1.97. The van der Waals surface area contributed by atoms with Crippen molar-refractivity contribution in [2.75, 3.05) is 6.54 Å². The minimum Gasteiger partial charge on any atom is -0.311 e. The predicted octanol–water partition coefficient (Wildman–Crippen LogP) is 3.91. The fourth-order valence-corrected chi connectivity index (χ4v) is 4.58. The lowest BCUT2D eigenvalue weighted by molar-refractivity contribution is 0.342. The van der Waals surface area contributed by atoms with Crippen molar-refractivity contribution in [1.29, 1.82) is 0 Å². The monoisotopic (exact) mass is 227 g/mol. The van der Waals surface area contributed by atoms with Gasteiger partial charge in [-0.3, -0.25) is 0 Å². The van der Waals surface area contributed by atoms with E-state index in [0.717, 1.165) is 6.54 Å². The Balaban J connectivity index is 4.39. The largest absolute Gasteiger partial charge is 0.311 e. The molecule has 1 unspecified atom stereocenters. The second kappa shape index (κ2) is 4.83. The molecule has 0 rings (SSSR count). The van der Waals surface area contributed by atoms with Gasteiger partial charge in [-0.15, -0.1) is 6.58 Å². The maximum atomic E-state index is 4.00. The van der Waals surface area contributed by atoms with Gasteiger partial charge in [-0.25, -0.2) is 0 Å². The smallest absolute Gasteiger partial charge is 0.0451 e. The normalized spacial score (nSPS) is 17.3. The molecule has 1 atom stereocenters. The highest BCUT2D eigenvalue weighted by Gasteiger charge is 2.29. The van der Waals surface area contributed by atoms with E-state index in [-0.39, 0.29) is 11.0 Å². The number of nitrogens with one attached hydrogen (secondary N) is 1. The molecule has 0 aromatic rings. The highest BCUT2D eigenvalue weighted by atomic mass is 28.3. The summed E-state index contributed by atoms with van der Waals surface area (Å²) in [5.41, 5.74) is 0.446. The summed E-state index contributed by atoms with van der Waals surface area (Å²) in [7, 11) is -1.02. The molecule has 0 amide bonds. The third kappa shape index (κ3) is 7.80. The van der Waals surface area contributed by atoms with Crippen molar-refractivity contribution in [3.8, 4) is 0 Å². The van der Waals surface area contributed by atoms with E-state index in [1.807, 2.05) is 0 Å². The maximum absolute atomic E-state index is 4.00. The summed E-state index contributed by atoms with van der Waals surface area (Å²) in [6.45, 7) is 21.3. The first-order valence-corrected chi connectivity index (χ1v) is 9.57. The zero-order valence-corrected chi connectivity index (χ0v) is 12.7. The lowest BCUT2D eigenvalue weighted by Gasteiger charge is -2.35. The van der Waals surface area contributed by atoms with Crippen molar-refractivity contribution in [3.05, 3.63) is 12.7 Å². The Labute approximate surface area is 97.4 Å². The van der Waals surface area contributed by atoms with Gasteiger partial charge in [0.2, 0.25) is 0 Å². The average molecular weight is 227 g/mol. The summed E-state index contributed by atoms with van der Waals surface area (Å²) in [6, 6.07) is 1.30. The lowest BCUT2D eigenvalue weighted by Crippen LogP contribution is -2.44. The number of hydrogen-bond acceptors (Lipinski definition) is 1. The molecule has 0 spiro atoms. The fourth-order valence-electron chi connectivity index (χ4n) is 1.89. The summed E-state index contributed by atoms with van der Waals surface area (Å²) >= 11 is 0. The topological polar surface area (TPSA) is 12.0 Å². The summed E-state index contributed by atoms with van der Waals surface area (Å²) in [5, 5.41) is 3.59. The van der Waals surface area contributed by atoms with Gasteiger partial charge in [0.05, 0.1) is 0 Å². The Kier molecular flexibility index (Phi) is 4.81. The molecule has 15 heavy (non-hydrogen) atoms. The molecule has 0 aromatic heterocycles. The fraction of sp³-hybridized carbons (Fsp3) is 0.846. The van der Waals surface area contributed by atoms with Crippen molar-refractivity contribution < 1.29 is 0 Å². The predicted molar refractivity (Wildman–Crippen MR) is 74.2 cm³/mol. The molecule has 0 heterocycles. The van der Waals surface area contributed by atoms with Crippen LogP contribution in [0.15, 0.2) is 12.7 Å². The van der Waals surface area contributed by atoms with E-state index in [9.17, 15) is 0 Å². The molecule has 0 radical (unpaired) electrons. The van der Waals surface area contributed by atoms with Gasteiger partial charge < -0.3 is 5.32 Å². The summed E-state index contributed by atoms with van der Waals surface area (Å²) < 4.78 is 0. The molecular weight excluding hydrogens is 198 g/mol. The van der Waals surface area contributed by atoms with Crippen LogP contribution in [0, 0.1) is 5.41 Å². The summed E-state index contributed by atoms with van der Waals surface area (Å²) in [6.07, 6.45) is 2.13. The Morgan fingerprint density at radius 1 is 1.13 bits per heavy atom. The van der Waals surface area contributed by atoms with Gasteiger partial charge in [0.15, 0.2) is 0 Å². The van der Waals surface area contributed by atoms with Gasteiger partial charge >= 0.3 is 0 Å². The van der Waals surface area contributed by atoms with E-state index in [1.165, 1.54) is 6.04 Å². The maximum Gasteiger partial charge on any atom is 0.0451 e. The van der Waals surface area contributed by atoms with Crippen LogP contribution in [0.1, 0.15) is 27.7 Å². The molecule has 0 aliphatic rings. The molecule has 0 aromatic carbocycles. The quantitative estimate of drug-likeness (QED) is 0.555. The van der Waals surface area contributed by atoms with Crippen molar-refractivity contribution in [3.63, 3.8) is 0 Å². The van der Waals surface area contributed by atoms with Crippen molar-refractivity contribution in [2.45, 2.75) is 58.9 Å². The molecule has 0 saturated heterocycles. The first-order valence-electron chi connectivity index (χ1n) is 5.86. The molecule has 0 aliphatic carbocycles. The van der Waals surface area contributed by atoms with Crippen LogP contribution in [0.5, 0.6) is 0 Å². The minimum absolute atomic E-state index is 0.198. The molecule has 90 valence electrons. The van der Waals surface area contributed by atoms with E-state index in [0.29, 0.717) is 0 Å². The number of hydrogen-bond donors (Lipinski definition) is 1. The minimum atomic E-state index is -1.02. The third-order valence-corrected chi connectivity index (χ3v) is 4.32. The Hall–Kier alpha value is -0.0831. The second-order valence-corrected chi connectivity index (χ2v) is 12.7. The zero-order chi connectivity index (χ0) is 12.3. The summed E-state index contributed by atoms with van der Waals surface area (Å²) in [4.78, 5) is 0. The van der Waals surface area contributed by atoms with E-state index >= 15 is 0 Å². The molecule has 0 bridgehead atoms. The van der Waals surface area contributed by atoms with Crippen LogP contribution < -0.4 is 5.32 Å². The second-order valence-electron chi connectivity index (χ2n) is 7.20. The standard InChI is InChI=1S/C13H29NSi/c1-9-13(5,11-15(6,7)8)10-14-12(2,3)4/h9,14H,1,10-11H2,2-8H3. The number of rotatable bonds is 5. The van der Waals surface area contributed by atoms with Gasteiger partial charge in [-0.05, 0) is 32.2 Å². The van der Waals surface area contributed by atoms with Crippen LogP contribution in [0.4, 0.5) is 0 Å². The Bertz CT molecular complexity index is 210. The molecule has 0 aliphatic heterocycles. The SMILES string of the molecule is C=CC(C)(CNC(C)(C)C)C[Si](C)(C)C. The van der Waals surface area contributed by atoms with Crippen LogP contribution in [0.3, 0.4) is 0 Å². The highest BCUT2D eigenvalue weighted by molar-refractivity contribution is 6.76. The van der Waals surface area contributed by atoms with Gasteiger partial charge in [-0.2, -0.15) is 0 Å². The zero-order valence-electron chi connectivity index (χ0n) is 11.7. The van der Waals surface area contributed by atoms with Crippen LogP contribution in [0.25, 0.3) is 0 Å². The molecule has 2 heteroatoms. The molecular formula is C13H29NSi. The van der Waals surface area contributed by atoms with Gasteiger partial charge in [-0.1, -0.05) is 32.6 Å². The van der Waals surface area contributed by atoms with E-state index in [2.05, 4.69) is 65.3 Å². The molecule has 0 fully saturated rings.